The minimum atomic E-state index is -0.240. The summed E-state index contributed by atoms with van der Waals surface area (Å²) in [5.74, 6) is 1.78. The highest BCUT2D eigenvalue weighted by molar-refractivity contribution is 6.04. The first-order chi connectivity index (χ1) is 13.0. The first-order valence-corrected chi connectivity index (χ1v) is 8.61. The first-order valence-electron chi connectivity index (χ1n) is 8.61. The second kappa shape index (κ2) is 7.99. The van der Waals surface area contributed by atoms with Gasteiger partial charge in [0.05, 0.1) is 31.3 Å². The lowest BCUT2D eigenvalue weighted by Gasteiger charge is -2.18. The number of carbonyl (C=O) groups excluding carboxylic acids is 1. The average Bonchev–Trinajstić information content (AvgIpc) is 3.11. The van der Waals surface area contributed by atoms with Crippen molar-refractivity contribution in [3.8, 4) is 11.5 Å². The number of carbonyl (C=O) groups is 1. The van der Waals surface area contributed by atoms with Crippen molar-refractivity contribution >= 4 is 11.6 Å². The number of fused-ring (bicyclic) bond motifs is 1. The molecule has 0 atom stereocenters. The number of benzene rings is 1. The summed E-state index contributed by atoms with van der Waals surface area (Å²) in [5.41, 5.74) is 2.97. The van der Waals surface area contributed by atoms with Crippen molar-refractivity contribution in [1.82, 2.24) is 9.78 Å². The summed E-state index contributed by atoms with van der Waals surface area (Å²) in [6, 6.07) is 5.12. The highest BCUT2D eigenvalue weighted by Crippen LogP contribution is 2.31. The number of amides is 1. The van der Waals surface area contributed by atoms with Crippen molar-refractivity contribution in [2.45, 2.75) is 20.4 Å². The van der Waals surface area contributed by atoms with Crippen molar-refractivity contribution in [3.63, 3.8) is 0 Å². The summed E-state index contributed by atoms with van der Waals surface area (Å²) < 4.78 is 18.0. The zero-order chi connectivity index (χ0) is 19.4. The molecular formula is C20H25N3O4. The van der Waals surface area contributed by atoms with Crippen LogP contribution in [0.5, 0.6) is 11.5 Å². The van der Waals surface area contributed by atoms with Gasteiger partial charge in [-0.25, -0.2) is 0 Å². The first kappa shape index (κ1) is 18.6. The van der Waals surface area contributed by atoms with Crippen LogP contribution in [0.15, 0.2) is 54.1 Å². The number of aromatic nitrogens is 2. The Kier molecular flexibility index (Phi) is 5.49. The molecule has 0 saturated heterocycles. The van der Waals surface area contributed by atoms with Crippen LogP contribution in [0.2, 0.25) is 0 Å². The van der Waals surface area contributed by atoms with Gasteiger partial charge in [-0.05, 0) is 37.6 Å². The van der Waals surface area contributed by atoms with E-state index in [2.05, 4.69) is 17.0 Å². The van der Waals surface area contributed by atoms with E-state index >= 15 is 0 Å². The van der Waals surface area contributed by atoms with E-state index in [1.165, 1.54) is 0 Å². The summed E-state index contributed by atoms with van der Waals surface area (Å²) in [5, 5.41) is 7.14. The Balaban J connectivity index is 0.00000280. The molecule has 3 rings (SSSR count). The van der Waals surface area contributed by atoms with Crippen LogP contribution in [-0.4, -0.2) is 36.0 Å². The van der Waals surface area contributed by atoms with E-state index in [-0.39, 0.29) is 7.33 Å². The monoisotopic (exact) mass is 371 g/mol. The van der Waals surface area contributed by atoms with E-state index in [9.17, 15) is 4.79 Å². The molecule has 1 aliphatic heterocycles. The molecule has 0 unspecified atom stereocenters. The number of hydrogen-bond donors (Lipinski definition) is 1. The van der Waals surface area contributed by atoms with E-state index in [0.717, 1.165) is 16.9 Å². The molecule has 1 aliphatic rings. The molecule has 0 spiro atoms. The van der Waals surface area contributed by atoms with Gasteiger partial charge in [0, 0.05) is 18.8 Å². The molecular weight excluding hydrogens is 346 g/mol. The topological polar surface area (TPSA) is 74.6 Å². The van der Waals surface area contributed by atoms with Crippen molar-refractivity contribution in [2.75, 3.05) is 25.6 Å². The molecule has 2 heterocycles. The third-order valence-electron chi connectivity index (χ3n) is 4.26. The summed E-state index contributed by atoms with van der Waals surface area (Å²) in [7, 11) is 1.63. The number of nitrogens with one attached hydrogen (secondary N) is 1. The third kappa shape index (κ3) is 4.31. The van der Waals surface area contributed by atoms with Crippen LogP contribution in [0.1, 0.15) is 25.6 Å². The molecule has 2 aromatic rings. The lowest BCUT2D eigenvalue weighted by atomic mass is 10.1. The van der Waals surface area contributed by atoms with Crippen LogP contribution < -0.4 is 14.8 Å². The number of nitrogens with zero attached hydrogens (tertiary/aromatic N) is 2. The molecule has 7 heteroatoms. The predicted molar refractivity (Wildman–Crippen MR) is 104 cm³/mol. The summed E-state index contributed by atoms with van der Waals surface area (Å²) in [4.78, 5) is 12.5. The number of anilines is 1. The normalized spacial score (nSPS) is 13.6. The van der Waals surface area contributed by atoms with Gasteiger partial charge in [-0.3, -0.25) is 9.48 Å². The Bertz CT molecular complexity index is 905. The van der Waals surface area contributed by atoms with Crippen LogP contribution in [-0.2, 0) is 11.3 Å². The molecule has 0 radical (unpaired) electrons. The molecule has 1 amide bonds. The van der Waals surface area contributed by atoms with Gasteiger partial charge in [0.25, 0.3) is 5.91 Å². The maximum atomic E-state index is 12.5. The number of ether oxygens (including phenoxy) is 3. The zero-order valence-electron chi connectivity index (χ0n) is 15.7. The quantitative estimate of drug-likeness (QED) is 0.620. The van der Waals surface area contributed by atoms with E-state index in [1.807, 2.05) is 13.8 Å². The van der Waals surface area contributed by atoms with Gasteiger partial charge in [0.15, 0.2) is 11.5 Å². The van der Waals surface area contributed by atoms with Crippen molar-refractivity contribution in [3.05, 3.63) is 59.6 Å². The lowest BCUT2D eigenvalue weighted by molar-refractivity contribution is 0.102. The standard InChI is InChI=1S/C20H23N3O4.H2/c1-13(2)17(14(3)25-4)12-23-11-16(10-21-23)22-20(24)15-5-6-18-19(9-15)27-8-7-26-18;/h5-6,9-11H,1,7-8,12H2,2-4H3,(H,22,24);1H/b17-14-;. The van der Waals surface area contributed by atoms with Crippen LogP contribution in [0, 0.1) is 0 Å². The second-order valence-corrected chi connectivity index (χ2v) is 6.26. The van der Waals surface area contributed by atoms with E-state index < -0.39 is 0 Å². The fourth-order valence-electron chi connectivity index (χ4n) is 2.73. The second-order valence-electron chi connectivity index (χ2n) is 6.26. The fourth-order valence-corrected chi connectivity index (χ4v) is 2.73. The molecule has 27 heavy (non-hydrogen) atoms. The Morgan fingerprint density at radius 3 is 2.78 bits per heavy atom. The van der Waals surface area contributed by atoms with Gasteiger partial charge in [0.1, 0.15) is 13.2 Å². The molecule has 144 valence electrons. The highest BCUT2D eigenvalue weighted by Gasteiger charge is 2.15. The van der Waals surface area contributed by atoms with Crippen LogP contribution >= 0.6 is 0 Å². The molecule has 0 bridgehead atoms. The largest absolute Gasteiger partial charge is 0.501 e. The highest BCUT2D eigenvalue weighted by atomic mass is 16.6. The minimum Gasteiger partial charge on any atom is -0.501 e. The van der Waals surface area contributed by atoms with Crippen molar-refractivity contribution in [2.24, 2.45) is 0 Å². The Morgan fingerprint density at radius 1 is 1.33 bits per heavy atom. The van der Waals surface area contributed by atoms with E-state index in [1.54, 1.807) is 42.4 Å². The van der Waals surface area contributed by atoms with Crippen LogP contribution in [0.3, 0.4) is 0 Å². The third-order valence-corrected chi connectivity index (χ3v) is 4.26. The van der Waals surface area contributed by atoms with Gasteiger partial charge in [0.2, 0.25) is 0 Å². The maximum absolute atomic E-state index is 12.5. The SMILES string of the molecule is C=C(C)/C(Cn1cc(NC(=O)c2ccc3c(c2)OCCO3)cn1)=C(/C)OC.[HH]. The van der Waals surface area contributed by atoms with Crippen molar-refractivity contribution < 1.29 is 20.4 Å². The Morgan fingerprint density at radius 2 is 2.07 bits per heavy atom. The predicted octanol–water partition coefficient (Wildman–Crippen LogP) is 3.65. The van der Waals surface area contributed by atoms with Gasteiger partial charge >= 0.3 is 0 Å². The molecule has 1 N–H and O–H groups in total. The maximum Gasteiger partial charge on any atom is 0.255 e. The minimum absolute atomic E-state index is 0. The smallest absolute Gasteiger partial charge is 0.255 e. The van der Waals surface area contributed by atoms with Crippen LogP contribution in [0.25, 0.3) is 0 Å². The number of hydrogen-bond acceptors (Lipinski definition) is 5. The molecule has 1 aromatic carbocycles. The summed E-state index contributed by atoms with van der Waals surface area (Å²) >= 11 is 0. The van der Waals surface area contributed by atoms with Crippen molar-refractivity contribution in [1.29, 1.82) is 0 Å². The van der Waals surface area contributed by atoms with E-state index in [4.69, 9.17) is 14.2 Å². The fraction of sp³-hybridized carbons (Fsp3) is 0.300. The van der Waals surface area contributed by atoms with Crippen LogP contribution in [0.4, 0.5) is 5.69 Å². The summed E-state index contributed by atoms with van der Waals surface area (Å²) in [6.07, 6.45) is 3.37. The summed E-state index contributed by atoms with van der Waals surface area (Å²) in [6.45, 7) is 9.29. The zero-order valence-corrected chi connectivity index (χ0v) is 15.7. The van der Waals surface area contributed by atoms with E-state index in [0.29, 0.717) is 42.5 Å². The number of methoxy groups -OCH3 is 1. The molecule has 0 saturated carbocycles. The van der Waals surface area contributed by atoms with Gasteiger partial charge in [-0.15, -0.1) is 0 Å². The molecule has 0 fully saturated rings. The Labute approximate surface area is 159 Å². The average molecular weight is 371 g/mol. The van der Waals surface area contributed by atoms with Gasteiger partial charge in [-0.2, -0.15) is 5.10 Å². The van der Waals surface area contributed by atoms with Gasteiger partial charge in [-0.1, -0.05) is 6.58 Å². The van der Waals surface area contributed by atoms with Gasteiger partial charge < -0.3 is 19.5 Å². The molecule has 0 aliphatic carbocycles. The molecule has 1 aromatic heterocycles. The molecule has 7 nitrogen and oxygen atoms in total. The number of allylic oxidation sites excluding steroid dienone is 3. The lowest BCUT2D eigenvalue weighted by Crippen LogP contribution is -2.17. The number of rotatable bonds is 6. The Hall–Kier alpha value is -3.22.